The number of ether oxygens (including phenoxy) is 1. The second-order valence-corrected chi connectivity index (χ2v) is 6.43. The van der Waals surface area contributed by atoms with Crippen LogP contribution in [0.4, 0.5) is 16.2 Å². The molecular weight excluding hydrogens is 330 g/mol. The maximum atomic E-state index is 12.7. The van der Waals surface area contributed by atoms with Crippen LogP contribution >= 0.6 is 0 Å². The first-order chi connectivity index (χ1) is 12.5. The highest BCUT2D eigenvalue weighted by atomic mass is 16.5. The van der Waals surface area contributed by atoms with Gasteiger partial charge in [0.15, 0.2) is 0 Å². The van der Waals surface area contributed by atoms with E-state index < -0.39 is 12.1 Å². The van der Waals surface area contributed by atoms with Gasteiger partial charge in [0.2, 0.25) is 5.91 Å². The number of nitrogens with zero attached hydrogens (tertiary/aromatic N) is 1. The van der Waals surface area contributed by atoms with Crippen molar-refractivity contribution in [3.8, 4) is 5.75 Å². The van der Waals surface area contributed by atoms with Gasteiger partial charge in [-0.2, -0.15) is 0 Å². The fourth-order valence-electron chi connectivity index (χ4n) is 2.99. The van der Waals surface area contributed by atoms with Crippen molar-refractivity contribution in [2.24, 2.45) is 0 Å². The number of carbonyl (C=O) groups excluding carboxylic acids is 2. The predicted octanol–water partition coefficient (Wildman–Crippen LogP) is 3.24. The Kier molecular flexibility index (Phi) is 5.11. The zero-order valence-electron chi connectivity index (χ0n) is 15.2. The SMILES string of the molecule is COc1cccc(NC(=O)N[C@@H]2CCN(c3ccc(C)c(C)c3)C2=O)c1. The molecule has 6 nitrogen and oxygen atoms in total. The van der Waals surface area contributed by atoms with Gasteiger partial charge in [-0.25, -0.2) is 4.79 Å². The monoisotopic (exact) mass is 353 g/mol. The summed E-state index contributed by atoms with van der Waals surface area (Å²) in [6, 6.07) is 12.1. The van der Waals surface area contributed by atoms with E-state index in [0.29, 0.717) is 24.4 Å². The van der Waals surface area contributed by atoms with Crippen molar-refractivity contribution < 1.29 is 14.3 Å². The molecule has 2 aromatic carbocycles. The first kappa shape index (κ1) is 17.8. The molecule has 1 saturated heterocycles. The van der Waals surface area contributed by atoms with Crippen LogP contribution in [0.25, 0.3) is 0 Å². The predicted molar refractivity (Wildman–Crippen MR) is 102 cm³/mol. The summed E-state index contributed by atoms with van der Waals surface area (Å²) in [5.74, 6) is 0.565. The first-order valence-corrected chi connectivity index (χ1v) is 8.58. The highest BCUT2D eigenvalue weighted by Gasteiger charge is 2.33. The Balaban J connectivity index is 1.62. The van der Waals surface area contributed by atoms with Gasteiger partial charge in [-0.15, -0.1) is 0 Å². The third-order valence-corrected chi connectivity index (χ3v) is 4.64. The van der Waals surface area contributed by atoms with Gasteiger partial charge in [0.05, 0.1) is 7.11 Å². The van der Waals surface area contributed by atoms with Crippen LogP contribution in [0.2, 0.25) is 0 Å². The number of urea groups is 1. The summed E-state index contributed by atoms with van der Waals surface area (Å²) < 4.78 is 5.14. The number of hydrogen-bond acceptors (Lipinski definition) is 3. The number of methoxy groups -OCH3 is 1. The summed E-state index contributed by atoms with van der Waals surface area (Å²) >= 11 is 0. The molecular formula is C20H23N3O3. The third-order valence-electron chi connectivity index (χ3n) is 4.64. The van der Waals surface area contributed by atoms with Crippen LogP contribution in [-0.4, -0.2) is 31.6 Å². The highest BCUT2D eigenvalue weighted by Crippen LogP contribution is 2.24. The topological polar surface area (TPSA) is 70.7 Å². The fourth-order valence-corrected chi connectivity index (χ4v) is 2.99. The van der Waals surface area contributed by atoms with Gasteiger partial charge in [-0.05, 0) is 55.7 Å². The second-order valence-electron chi connectivity index (χ2n) is 6.43. The number of aryl methyl sites for hydroxylation is 2. The van der Waals surface area contributed by atoms with Crippen LogP contribution in [0.5, 0.6) is 5.75 Å². The minimum atomic E-state index is -0.526. The van der Waals surface area contributed by atoms with Gasteiger partial charge < -0.3 is 20.3 Å². The number of benzene rings is 2. The lowest BCUT2D eigenvalue weighted by molar-refractivity contribution is -0.118. The van der Waals surface area contributed by atoms with Crippen molar-refractivity contribution in [3.05, 3.63) is 53.6 Å². The Morgan fingerprint density at radius 2 is 1.96 bits per heavy atom. The molecule has 2 aromatic rings. The summed E-state index contributed by atoms with van der Waals surface area (Å²) in [5.41, 5.74) is 3.81. The smallest absolute Gasteiger partial charge is 0.319 e. The lowest BCUT2D eigenvalue weighted by Crippen LogP contribution is -2.43. The normalized spacial score (nSPS) is 16.5. The van der Waals surface area contributed by atoms with Crippen LogP contribution < -0.4 is 20.3 Å². The molecule has 1 aliphatic heterocycles. The summed E-state index contributed by atoms with van der Waals surface area (Å²) in [4.78, 5) is 26.6. The van der Waals surface area contributed by atoms with Crippen molar-refractivity contribution in [3.63, 3.8) is 0 Å². The number of nitrogens with one attached hydrogen (secondary N) is 2. The molecule has 0 radical (unpaired) electrons. The Bertz CT molecular complexity index is 835. The Morgan fingerprint density at radius 3 is 2.69 bits per heavy atom. The maximum absolute atomic E-state index is 12.7. The molecule has 26 heavy (non-hydrogen) atoms. The number of carbonyl (C=O) groups is 2. The van der Waals surface area contributed by atoms with Crippen molar-refractivity contribution >= 4 is 23.3 Å². The van der Waals surface area contributed by atoms with E-state index in [-0.39, 0.29) is 5.91 Å². The molecule has 0 aliphatic carbocycles. The average molecular weight is 353 g/mol. The number of hydrogen-bond donors (Lipinski definition) is 2. The summed E-state index contributed by atoms with van der Waals surface area (Å²) in [6.45, 7) is 4.65. The van der Waals surface area contributed by atoms with Crippen LogP contribution in [0.3, 0.4) is 0 Å². The lowest BCUT2D eigenvalue weighted by Gasteiger charge is -2.18. The molecule has 3 rings (SSSR count). The summed E-state index contributed by atoms with van der Waals surface area (Å²) in [5, 5.41) is 5.49. The van der Waals surface area contributed by atoms with Gasteiger partial charge in [-0.3, -0.25) is 4.79 Å². The van der Waals surface area contributed by atoms with Gasteiger partial charge in [-0.1, -0.05) is 12.1 Å². The quantitative estimate of drug-likeness (QED) is 0.886. The minimum absolute atomic E-state index is 0.0888. The molecule has 0 aromatic heterocycles. The van der Waals surface area contributed by atoms with Gasteiger partial charge in [0, 0.05) is 24.0 Å². The molecule has 0 saturated carbocycles. The van der Waals surface area contributed by atoms with Crippen LogP contribution in [0, 0.1) is 13.8 Å². The molecule has 0 bridgehead atoms. The Labute approximate surface area is 153 Å². The molecule has 1 heterocycles. The molecule has 1 fully saturated rings. The van der Waals surface area contributed by atoms with Crippen LogP contribution in [0.1, 0.15) is 17.5 Å². The maximum Gasteiger partial charge on any atom is 0.319 e. The summed E-state index contributed by atoms with van der Waals surface area (Å²) in [6.07, 6.45) is 0.581. The van der Waals surface area contributed by atoms with E-state index in [1.165, 1.54) is 5.56 Å². The zero-order chi connectivity index (χ0) is 18.7. The zero-order valence-corrected chi connectivity index (χ0v) is 15.2. The minimum Gasteiger partial charge on any atom is -0.497 e. The van der Waals surface area contributed by atoms with E-state index in [2.05, 4.69) is 10.6 Å². The number of rotatable bonds is 4. The molecule has 2 N–H and O–H groups in total. The van der Waals surface area contributed by atoms with E-state index in [1.54, 1.807) is 36.3 Å². The highest BCUT2D eigenvalue weighted by molar-refractivity contribution is 6.02. The second kappa shape index (κ2) is 7.47. The largest absolute Gasteiger partial charge is 0.497 e. The van der Waals surface area contributed by atoms with E-state index in [4.69, 9.17) is 4.74 Å². The molecule has 136 valence electrons. The van der Waals surface area contributed by atoms with Gasteiger partial charge in [0.25, 0.3) is 0 Å². The van der Waals surface area contributed by atoms with Crippen LogP contribution in [0.15, 0.2) is 42.5 Å². The average Bonchev–Trinajstić information content (AvgIpc) is 2.98. The van der Waals surface area contributed by atoms with Crippen LogP contribution in [-0.2, 0) is 4.79 Å². The van der Waals surface area contributed by atoms with Crippen molar-refractivity contribution in [1.29, 1.82) is 0 Å². The standard InChI is InChI=1S/C20H23N3O3/c1-13-7-8-16(11-14(13)2)23-10-9-18(19(23)24)22-20(25)21-15-5-4-6-17(12-15)26-3/h4-8,11-12,18H,9-10H2,1-3H3,(H2,21,22,25)/t18-/m1/s1. The molecule has 3 amide bonds. The van der Waals surface area contributed by atoms with E-state index in [9.17, 15) is 9.59 Å². The fraction of sp³-hybridized carbons (Fsp3) is 0.300. The molecule has 0 spiro atoms. The van der Waals surface area contributed by atoms with Gasteiger partial charge >= 0.3 is 6.03 Å². The molecule has 6 heteroatoms. The number of anilines is 2. The van der Waals surface area contributed by atoms with Gasteiger partial charge in [0.1, 0.15) is 11.8 Å². The first-order valence-electron chi connectivity index (χ1n) is 8.58. The third kappa shape index (κ3) is 3.79. The molecule has 1 aliphatic rings. The van der Waals surface area contributed by atoms with E-state index in [1.807, 2.05) is 32.0 Å². The molecule has 1 atom stereocenters. The summed E-state index contributed by atoms with van der Waals surface area (Å²) in [7, 11) is 1.57. The lowest BCUT2D eigenvalue weighted by atomic mass is 10.1. The van der Waals surface area contributed by atoms with Crippen molar-refractivity contribution in [2.75, 3.05) is 23.9 Å². The van der Waals surface area contributed by atoms with Crippen molar-refractivity contribution in [2.45, 2.75) is 26.3 Å². The molecule has 0 unspecified atom stereocenters. The Morgan fingerprint density at radius 1 is 1.15 bits per heavy atom. The Hall–Kier alpha value is -3.02. The van der Waals surface area contributed by atoms with E-state index >= 15 is 0 Å². The van der Waals surface area contributed by atoms with E-state index in [0.717, 1.165) is 11.3 Å². The van der Waals surface area contributed by atoms with Crippen molar-refractivity contribution in [1.82, 2.24) is 5.32 Å². The number of amides is 3.